The van der Waals surface area contributed by atoms with Gasteiger partial charge in [0, 0.05) is 30.3 Å². The third-order valence-corrected chi connectivity index (χ3v) is 4.21. The van der Waals surface area contributed by atoms with Crippen molar-refractivity contribution >= 4 is 5.78 Å². The monoisotopic (exact) mass is 350 g/mol. The van der Waals surface area contributed by atoms with E-state index in [9.17, 15) is 18.0 Å². The van der Waals surface area contributed by atoms with E-state index in [-0.39, 0.29) is 17.2 Å². The fraction of sp³-hybridized carbons (Fsp3) is 0.333. The molecule has 3 rings (SSSR count). The standard InChI is InChI=1S/C18H17F3N2O2/c1-10(24)15-5-13(19)6-16(21)18(15)25-17(11-2-3-22-7-11)12-4-14(20)9-23-8-12/h4-6,8-9,11,17,22H,2-3,7H2,1H3. The van der Waals surface area contributed by atoms with E-state index in [0.717, 1.165) is 25.2 Å². The minimum absolute atomic E-state index is 0.0622. The highest BCUT2D eigenvalue weighted by molar-refractivity contribution is 5.96. The Morgan fingerprint density at radius 1 is 1.24 bits per heavy atom. The van der Waals surface area contributed by atoms with Crippen molar-refractivity contribution in [1.82, 2.24) is 10.3 Å². The van der Waals surface area contributed by atoms with Crippen molar-refractivity contribution in [3.63, 3.8) is 0 Å². The van der Waals surface area contributed by atoms with Crippen LogP contribution >= 0.6 is 0 Å². The summed E-state index contributed by atoms with van der Waals surface area (Å²) in [5.74, 6) is -3.27. The SMILES string of the molecule is CC(=O)c1cc(F)cc(F)c1OC(c1cncc(F)c1)C1CCNC1. The van der Waals surface area contributed by atoms with Gasteiger partial charge in [0.25, 0.3) is 0 Å². The molecule has 2 atom stereocenters. The summed E-state index contributed by atoms with van der Waals surface area (Å²) in [7, 11) is 0. The highest BCUT2D eigenvalue weighted by Crippen LogP contribution is 2.35. The van der Waals surface area contributed by atoms with E-state index in [0.29, 0.717) is 18.2 Å². The van der Waals surface area contributed by atoms with Crippen molar-refractivity contribution in [3.05, 3.63) is 59.2 Å². The lowest BCUT2D eigenvalue weighted by Gasteiger charge is -2.25. The second-order valence-corrected chi connectivity index (χ2v) is 6.05. The molecule has 2 heterocycles. The van der Waals surface area contributed by atoms with Gasteiger partial charge < -0.3 is 10.1 Å². The lowest BCUT2D eigenvalue weighted by molar-refractivity contribution is 0.0991. The molecule has 1 fully saturated rings. The van der Waals surface area contributed by atoms with Crippen LogP contribution in [0.15, 0.2) is 30.6 Å². The van der Waals surface area contributed by atoms with Crippen molar-refractivity contribution in [2.75, 3.05) is 13.1 Å². The average Bonchev–Trinajstić information content (AvgIpc) is 3.07. The van der Waals surface area contributed by atoms with E-state index in [1.807, 2.05) is 0 Å². The van der Waals surface area contributed by atoms with Crippen molar-refractivity contribution < 1.29 is 22.7 Å². The molecule has 0 aliphatic carbocycles. The summed E-state index contributed by atoms with van der Waals surface area (Å²) < 4.78 is 47.1. The van der Waals surface area contributed by atoms with Gasteiger partial charge in [0.2, 0.25) is 0 Å². The Balaban J connectivity index is 2.03. The van der Waals surface area contributed by atoms with Gasteiger partial charge in [0.05, 0.1) is 11.8 Å². The van der Waals surface area contributed by atoms with Crippen LogP contribution < -0.4 is 10.1 Å². The van der Waals surface area contributed by atoms with Crippen LogP contribution in [0.5, 0.6) is 5.75 Å². The van der Waals surface area contributed by atoms with Gasteiger partial charge in [0.15, 0.2) is 17.3 Å². The minimum atomic E-state index is -0.967. The van der Waals surface area contributed by atoms with Crippen molar-refractivity contribution in [2.45, 2.75) is 19.4 Å². The van der Waals surface area contributed by atoms with E-state index in [2.05, 4.69) is 10.3 Å². The first kappa shape index (κ1) is 17.4. The first-order valence-corrected chi connectivity index (χ1v) is 7.93. The van der Waals surface area contributed by atoms with Crippen molar-refractivity contribution in [2.24, 2.45) is 5.92 Å². The second-order valence-electron chi connectivity index (χ2n) is 6.05. The summed E-state index contributed by atoms with van der Waals surface area (Å²) in [5, 5.41) is 3.17. The molecule has 7 heteroatoms. The topological polar surface area (TPSA) is 51.2 Å². The van der Waals surface area contributed by atoms with Crippen LogP contribution in [-0.2, 0) is 0 Å². The highest BCUT2D eigenvalue weighted by Gasteiger charge is 2.31. The maximum Gasteiger partial charge on any atom is 0.168 e. The molecular formula is C18H17F3N2O2. The van der Waals surface area contributed by atoms with E-state index >= 15 is 0 Å². The Morgan fingerprint density at radius 2 is 2.04 bits per heavy atom. The minimum Gasteiger partial charge on any atom is -0.481 e. The molecule has 2 aromatic rings. The first-order valence-electron chi connectivity index (χ1n) is 7.93. The Hall–Kier alpha value is -2.41. The molecule has 0 saturated carbocycles. The summed E-state index contributed by atoms with van der Waals surface area (Å²) in [5.41, 5.74) is 0.254. The molecule has 0 amide bonds. The van der Waals surface area contributed by atoms with E-state index < -0.39 is 29.3 Å². The van der Waals surface area contributed by atoms with Crippen LogP contribution in [0.25, 0.3) is 0 Å². The number of pyridine rings is 1. The van der Waals surface area contributed by atoms with Crippen LogP contribution in [0.2, 0.25) is 0 Å². The molecule has 2 unspecified atom stereocenters. The van der Waals surface area contributed by atoms with Crippen LogP contribution in [0.3, 0.4) is 0 Å². The number of halogens is 3. The van der Waals surface area contributed by atoms with Crippen LogP contribution in [-0.4, -0.2) is 23.9 Å². The summed E-state index contributed by atoms with van der Waals surface area (Å²) >= 11 is 0. The number of hydrogen-bond donors (Lipinski definition) is 1. The Kier molecular flexibility index (Phi) is 5.03. The van der Waals surface area contributed by atoms with E-state index in [1.165, 1.54) is 19.2 Å². The van der Waals surface area contributed by atoms with Crippen molar-refractivity contribution in [1.29, 1.82) is 0 Å². The molecule has 1 saturated heterocycles. The number of carbonyl (C=O) groups excluding carboxylic acids is 1. The molecule has 1 aromatic carbocycles. The van der Waals surface area contributed by atoms with Gasteiger partial charge in [-0.2, -0.15) is 0 Å². The third kappa shape index (κ3) is 3.82. The second kappa shape index (κ2) is 7.23. The highest BCUT2D eigenvalue weighted by atomic mass is 19.1. The number of aromatic nitrogens is 1. The zero-order valence-corrected chi connectivity index (χ0v) is 13.6. The van der Waals surface area contributed by atoms with Crippen LogP contribution in [0, 0.1) is 23.4 Å². The van der Waals surface area contributed by atoms with Crippen molar-refractivity contribution in [3.8, 4) is 5.75 Å². The largest absolute Gasteiger partial charge is 0.481 e. The molecular weight excluding hydrogens is 333 g/mol. The maximum atomic E-state index is 14.3. The molecule has 1 aliphatic rings. The molecule has 132 valence electrons. The molecule has 25 heavy (non-hydrogen) atoms. The summed E-state index contributed by atoms with van der Waals surface area (Å²) in [4.78, 5) is 15.6. The summed E-state index contributed by atoms with van der Waals surface area (Å²) in [6.07, 6.45) is 2.53. The normalized spacial score (nSPS) is 18.2. The van der Waals surface area contributed by atoms with E-state index in [4.69, 9.17) is 4.74 Å². The first-order chi connectivity index (χ1) is 12.0. The molecule has 0 radical (unpaired) electrons. The number of benzene rings is 1. The fourth-order valence-electron chi connectivity index (χ4n) is 3.02. The zero-order chi connectivity index (χ0) is 18.0. The van der Waals surface area contributed by atoms with Crippen LogP contribution in [0.1, 0.15) is 35.4 Å². The number of carbonyl (C=O) groups is 1. The lowest BCUT2D eigenvalue weighted by Crippen LogP contribution is -2.23. The summed E-state index contributed by atoms with van der Waals surface area (Å²) in [6.45, 7) is 2.55. The van der Waals surface area contributed by atoms with Gasteiger partial charge in [-0.1, -0.05) is 0 Å². The molecule has 0 spiro atoms. The maximum absolute atomic E-state index is 14.3. The Bertz CT molecular complexity index is 792. The predicted octanol–water partition coefficient (Wildman–Crippen LogP) is 3.43. The quantitative estimate of drug-likeness (QED) is 0.840. The number of ketones is 1. The lowest BCUT2D eigenvalue weighted by atomic mass is 9.95. The van der Waals surface area contributed by atoms with Gasteiger partial charge >= 0.3 is 0 Å². The number of rotatable bonds is 5. The molecule has 1 aromatic heterocycles. The smallest absolute Gasteiger partial charge is 0.168 e. The Morgan fingerprint density at radius 3 is 2.68 bits per heavy atom. The fourth-order valence-corrected chi connectivity index (χ4v) is 3.02. The van der Waals surface area contributed by atoms with Gasteiger partial charge in [-0.25, -0.2) is 13.2 Å². The summed E-state index contributed by atoms with van der Waals surface area (Å²) in [6, 6.07) is 2.87. The van der Waals surface area contributed by atoms with Gasteiger partial charge in [-0.05, 0) is 32.0 Å². The van der Waals surface area contributed by atoms with E-state index in [1.54, 1.807) is 0 Å². The predicted molar refractivity (Wildman–Crippen MR) is 84.9 cm³/mol. The Labute approximate surface area is 143 Å². The number of ether oxygens (including phenoxy) is 1. The van der Waals surface area contributed by atoms with Gasteiger partial charge in [-0.3, -0.25) is 9.78 Å². The number of nitrogens with one attached hydrogen (secondary N) is 1. The zero-order valence-electron chi connectivity index (χ0n) is 13.6. The molecule has 4 nitrogen and oxygen atoms in total. The molecule has 1 N–H and O–H groups in total. The average molecular weight is 350 g/mol. The molecule has 0 bridgehead atoms. The number of nitrogens with zero attached hydrogens (tertiary/aromatic N) is 1. The van der Waals surface area contributed by atoms with Crippen LogP contribution in [0.4, 0.5) is 13.2 Å². The number of hydrogen-bond acceptors (Lipinski definition) is 4. The third-order valence-electron chi connectivity index (χ3n) is 4.21. The molecule has 1 aliphatic heterocycles. The number of Topliss-reactive ketones (excluding diaryl/α,β-unsaturated/α-hetero) is 1. The van der Waals surface area contributed by atoms with Gasteiger partial charge in [-0.15, -0.1) is 0 Å². The van der Waals surface area contributed by atoms with Gasteiger partial charge in [0.1, 0.15) is 17.7 Å².